The zero-order valence-electron chi connectivity index (χ0n) is 31.6. The van der Waals surface area contributed by atoms with E-state index in [9.17, 15) is 0 Å². The average Bonchev–Trinajstić information content (AvgIpc) is 3.32. The molecular formula is C54H36N4. The smallest absolute Gasteiger partial charge is 0.160 e. The van der Waals surface area contributed by atoms with Gasteiger partial charge in [-0.25, -0.2) is 9.97 Å². The van der Waals surface area contributed by atoms with E-state index in [1.54, 1.807) is 0 Å². The third-order valence-electron chi connectivity index (χ3n) is 10.6. The fraction of sp³-hybridized carbons (Fsp3) is 0. The van der Waals surface area contributed by atoms with Crippen LogP contribution >= 0.6 is 0 Å². The first-order valence-electron chi connectivity index (χ1n) is 19.4. The third-order valence-corrected chi connectivity index (χ3v) is 10.6. The van der Waals surface area contributed by atoms with Crippen LogP contribution in [0.15, 0.2) is 219 Å². The van der Waals surface area contributed by atoms with Crippen LogP contribution in [0.3, 0.4) is 0 Å². The van der Waals surface area contributed by atoms with E-state index in [1.165, 1.54) is 10.9 Å². The van der Waals surface area contributed by atoms with Gasteiger partial charge in [0.2, 0.25) is 0 Å². The van der Waals surface area contributed by atoms with Gasteiger partial charge in [0.15, 0.2) is 5.82 Å². The Morgan fingerprint density at radius 2 is 0.690 bits per heavy atom. The lowest BCUT2D eigenvalue weighted by molar-refractivity contribution is 1.18. The molecule has 10 aromatic rings. The van der Waals surface area contributed by atoms with Gasteiger partial charge in [-0.3, -0.25) is 9.97 Å². The second kappa shape index (κ2) is 15.4. The van der Waals surface area contributed by atoms with E-state index in [2.05, 4.69) is 186 Å². The summed E-state index contributed by atoms with van der Waals surface area (Å²) in [5.74, 6) is 0.675. The third kappa shape index (κ3) is 7.18. The number of fused-ring (bicyclic) bond motifs is 1. The van der Waals surface area contributed by atoms with Crippen LogP contribution in [0.2, 0.25) is 0 Å². The van der Waals surface area contributed by atoms with Crippen molar-refractivity contribution in [2.24, 2.45) is 0 Å². The van der Waals surface area contributed by atoms with E-state index in [0.29, 0.717) is 5.82 Å². The molecule has 7 aromatic carbocycles. The molecule has 10 rings (SSSR count). The number of hydrogen-bond acceptors (Lipinski definition) is 4. The standard InChI is InChI=1S/C54H36N4/c1-2-10-37(11-3-1)39-20-23-40(24-21-39)52-34-53(58-54(57-52)46-25-22-38-12-4-5-13-41(38)30-46)51-32-49(44-16-6-14-42(28-44)47-18-8-26-55-35-47)31-50(33-51)45-17-7-15-43(29-45)48-19-9-27-56-36-48/h1-36H. The summed E-state index contributed by atoms with van der Waals surface area (Å²) in [6, 6.07) is 68.4. The Morgan fingerprint density at radius 3 is 1.29 bits per heavy atom. The van der Waals surface area contributed by atoms with E-state index in [-0.39, 0.29) is 0 Å². The molecule has 0 spiro atoms. The highest BCUT2D eigenvalue weighted by atomic mass is 14.9. The molecular weight excluding hydrogens is 705 g/mol. The summed E-state index contributed by atoms with van der Waals surface area (Å²) in [5.41, 5.74) is 15.8. The van der Waals surface area contributed by atoms with Crippen molar-refractivity contribution in [3.63, 3.8) is 0 Å². The molecule has 4 heteroatoms. The molecule has 0 radical (unpaired) electrons. The monoisotopic (exact) mass is 740 g/mol. The Morgan fingerprint density at radius 1 is 0.241 bits per heavy atom. The molecule has 58 heavy (non-hydrogen) atoms. The van der Waals surface area contributed by atoms with Gasteiger partial charge in [0.1, 0.15) is 0 Å². The molecule has 0 aliphatic heterocycles. The number of aromatic nitrogens is 4. The molecule has 0 N–H and O–H groups in total. The van der Waals surface area contributed by atoms with Gasteiger partial charge in [0, 0.05) is 52.6 Å². The van der Waals surface area contributed by atoms with Crippen LogP contribution in [0.5, 0.6) is 0 Å². The van der Waals surface area contributed by atoms with Crippen molar-refractivity contribution < 1.29 is 0 Å². The lowest BCUT2D eigenvalue weighted by Gasteiger charge is -2.14. The zero-order chi connectivity index (χ0) is 38.7. The van der Waals surface area contributed by atoms with Crippen molar-refractivity contribution >= 4 is 10.8 Å². The first kappa shape index (κ1) is 34.7. The molecule has 0 amide bonds. The lowest BCUT2D eigenvalue weighted by atomic mass is 9.92. The Kier molecular flexibility index (Phi) is 9.18. The minimum Gasteiger partial charge on any atom is -0.264 e. The Hall–Kier alpha value is -7.82. The van der Waals surface area contributed by atoms with Gasteiger partial charge in [-0.15, -0.1) is 0 Å². The predicted molar refractivity (Wildman–Crippen MR) is 239 cm³/mol. The van der Waals surface area contributed by atoms with E-state index in [1.807, 2.05) is 43.0 Å². The van der Waals surface area contributed by atoms with Crippen molar-refractivity contribution in [1.29, 1.82) is 0 Å². The normalized spacial score (nSPS) is 11.1. The zero-order valence-corrected chi connectivity index (χ0v) is 31.6. The summed E-state index contributed by atoms with van der Waals surface area (Å²) in [4.78, 5) is 19.4. The number of hydrogen-bond donors (Lipinski definition) is 0. The summed E-state index contributed by atoms with van der Waals surface area (Å²) in [5, 5.41) is 2.33. The second-order valence-corrected chi connectivity index (χ2v) is 14.4. The Bertz CT molecular complexity index is 2930. The van der Waals surface area contributed by atoms with Crippen LogP contribution in [0, 0.1) is 0 Å². The van der Waals surface area contributed by atoms with E-state index in [4.69, 9.17) is 9.97 Å². The van der Waals surface area contributed by atoms with Gasteiger partial charge in [-0.2, -0.15) is 0 Å². The minimum atomic E-state index is 0.675. The summed E-state index contributed by atoms with van der Waals surface area (Å²) >= 11 is 0. The van der Waals surface area contributed by atoms with Crippen LogP contribution in [0.4, 0.5) is 0 Å². The van der Waals surface area contributed by atoms with E-state index >= 15 is 0 Å². The first-order chi connectivity index (χ1) is 28.7. The van der Waals surface area contributed by atoms with Gasteiger partial charge in [0.05, 0.1) is 11.4 Å². The van der Waals surface area contributed by atoms with Crippen LogP contribution in [-0.2, 0) is 0 Å². The quantitative estimate of drug-likeness (QED) is 0.156. The molecule has 0 aliphatic rings. The van der Waals surface area contributed by atoms with Gasteiger partial charge in [-0.05, 0) is 110 Å². The van der Waals surface area contributed by atoms with Crippen LogP contribution < -0.4 is 0 Å². The SMILES string of the molecule is c1ccc(-c2ccc(-c3cc(-c4cc(-c5cccc(-c6cccnc6)c5)cc(-c5cccc(-c6cccnc6)c5)c4)nc(-c4ccc5ccccc5c4)n3)cc2)cc1. The highest BCUT2D eigenvalue weighted by molar-refractivity contribution is 5.88. The van der Waals surface area contributed by atoms with E-state index < -0.39 is 0 Å². The first-order valence-corrected chi connectivity index (χ1v) is 19.4. The van der Waals surface area contributed by atoms with Crippen LogP contribution in [0.1, 0.15) is 0 Å². The minimum absolute atomic E-state index is 0.675. The van der Waals surface area contributed by atoms with Gasteiger partial charge in [-0.1, -0.05) is 140 Å². The molecule has 0 atom stereocenters. The predicted octanol–water partition coefficient (Wildman–Crippen LogP) is 13.8. The summed E-state index contributed by atoms with van der Waals surface area (Å²) in [6.45, 7) is 0. The summed E-state index contributed by atoms with van der Waals surface area (Å²) in [6.07, 6.45) is 7.44. The second-order valence-electron chi connectivity index (χ2n) is 14.4. The molecule has 0 saturated carbocycles. The van der Waals surface area contributed by atoms with Crippen LogP contribution in [-0.4, -0.2) is 19.9 Å². The number of benzene rings is 7. The van der Waals surface area contributed by atoms with Crippen molar-refractivity contribution in [2.45, 2.75) is 0 Å². The lowest BCUT2D eigenvalue weighted by Crippen LogP contribution is -1.97. The van der Waals surface area contributed by atoms with Crippen molar-refractivity contribution in [1.82, 2.24) is 19.9 Å². The van der Waals surface area contributed by atoms with Crippen molar-refractivity contribution in [2.75, 3.05) is 0 Å². The Labute approximate surface area is 337 Å². The average molecular weight is 741 g/mol. The van der Waals surface area contributed by atoms with Crippen molar-refractivity contribution in [3.05, 3.63) is 219 Å². The number of rotatable bonds is 8. The fourth-order valence-corrected chi connectivity index (χ4v) is 7.60. The molecule has 3 heterocycles. The highest BCUT2D eigenvalue weighted by Gasteiger charge is 2.15. The van der Waals surface area contributed by atoms with Gasteiger partial charge >= 0.3 is 0 Å². The number of pyridine rings is 2. The van der Waals surface area contributed by atoms with Crippen LogP contribution in [0.25, 0.3) is 100 Å². The maximum absolute atomic E-state index is 5.34. The summed E-state index contributed by atoms with van der Waals surface area (Å²) in [7, 11) is 0. The molecule has 0 aliphatic carbocycles. The van der Waals surface area contributed by atoms with Crippen molar-refractivity contribution in [3.8, 4) is 89.5 Å². The van der Waals surface area contributed by atoms with Gasteiger partial charge < -0.3 is 0 Å². The summed E-state index contributed by atoms with van der Waals surface area (Å²) < 4.78 is 0. The maximum atomic E-state index is 5.34. The Balaban J connectivity index is 1.16. The molecule has 272 valence electrons. The maximum Gasteiger partial charge on any atom is 0.160 e. The largest absolute Gasteiger partial charge is 0.264 e. The molecule has 4 nitrogen and oxygen atoms in total. The fourth-order valence-electron chi connectivity index (χ4n) is 7.60. The molecule has 0 bridgehead atoms. The van der Waals surface area contributed by atoms with Gasteiger partial charge in [0.25, 0.3) is 0 Å². The molecule has 0 saturated heterocycles. The molecule has 0 fully saturated rings. The topological polar surface area (TPSA) is 51.6 Å². The molecule has 3 aromatic heterocycles. The number of nitrogens with zero attached hydrogens (tertiary/aromatic N) is 4. The van der Waals surface area contributed by atoms with E-state index in [0.717, 1.165) is 83.5 Å². The molecule has 0 unspecified atom stereocenters. The highest BCUT2D eigenvalue weighted by Crippen LogP contribution is 2.37.